The smallest absolute Gasteiger partial charge is 0.224 e. The van der Waals surface area contributed by atoms with Crippen LogP contribution in [0.4, 0.5) is 5.69 Å². The van der Waals surface area contributed by atoms with Gasteiger partial charge in [-0.2, -0.15) is 0 Å². The molecule has 1 aliphatic heterocycles. The van der Waals surface area contributed by atoms with Crippen molar-refractivity contribution in [3.05, 3.63) is 11.5 Å². The van der Waals surface area contributed by atoms with Crippen molar-refractivity contribution in [1.82, 2.24) is 10.5 Å². The van der Waals surface area contributed by atoms with Gasteiger partial charge in [0.05, 0.1) is 0 Å². The molecule has 5 nitrogen and oxygen atoms in total. The van der Waals surface area contributed by atoms with E-state index in [-0.39, 0.29) is 5.91 Å². The molecular weight excluding hydrogens is 254 g/mol. The van der Waals surface area contributed by atoms with Crippen LogP contribution in [0.25, 0.3) is 0 Å². The number of rotatable bonds is 5. The van der Waals surface area contributed by atoms with Crippen LogP contribution in [-0.4, -0.2) is 24.2 Å². The summed E-state index contributed by atoms with van der Waals surface area (Å²) < 4.78 is 5.14. The number of carbonyl (C=O) groups is 1. The fraction of sp³-hybridized carbons (Fsp3) is 0.733. The largest absolute Gasteiger partial charge is 0.359 e. The molecule has 20 heavy (non-hydrogen) atoms. The van der Waals surface area contributed by atoms with Gasteiger partial charge in [0, 0.05) is 6.42 Å². The van der Waals surface area contributed by atoms with Gasteiger partial charge in [-0.05, 0) is 51.1 Å². The first-order chi connectivity index (χ1) is 9.61. The lowest BCUT2D eigenvalue weighted by Gasteiger charge is -2.27. The van der Waals surface area contributed by atoms with Gasteiger partial charge in [0.15, 0.2) is 5.76 Å². The van der Waals surface area contributed by atoms with E-state index in [1.807, 2.05) is 13.8 Å². The fourth-order valence-corrected chi connectivity index (χ4v) is 2.88. The van der Waals surface area contributed by atoms with E-state index in [9.17, 15) is 4.79 Å². The van der Waals surface area contributed by atoms with Crippen molar-refractivity contribution in [3.8, 4) is 0 Å². The lowest BCUT2D eigenvalue weighted by atomic mass is 9.84. The molecular formula is C15H25N3O2. The van der Waals surface area contributed by atoms with Crippen LogP contribution >= 0.6 is 0 Å². The molecule has 0 unspecified atom stereocenters. The number of amides is 1. The minimum Gasteiger partial charge on any atom is -0.359 e. The third-order valence-electron chi connectivity index (χ3n) is 4.23. The summed E-state index contributed by atoms with van der Waals surface area (Å²) in [6.45, 7) is 8.15. The number of hydrogen-bond acceptors (Lipinski definition) is 4. The number of aromatic nitrogens is 1. The first kappa shape index (κ1) is 15.0. The molecule has 1 aromatic heterocycles. The van der Waals surface area contributed by atoms with E-state index in [0.29, 0.717) is 24.0 Å². The molecule has 5 heteroatoms. The molecule has 0 spiro atoms. The second kappa shape index (κ2) is 6.88. The van der Waals surface area contributed by atoms with Crippen molar-refractivity contribution in [3.63, 3.8) is 0 Å². The van der Waals surface area contributed by atoms with Gasteiger partial charge in [-0.1, -0.05) is 19.0 Å². The monoisotopic (exact) mass is 279 g/mol. The maximum atomic E-state index is 12.2. The summed E-state index contributed by atoms with van der Waals surface area (Å²) in [4.78, 5) is 12.2. The van der Waals surface area contributed by atoms with E-state index in [1.165, 1.54) is 12.8 Å². The van der Waals surface area contributed by atoms with Gasteiger partial charge in [0.25, 0.3) is 0 Å². The second-order valence-corrected chi connectivity index (χ2v) is 5.73. The first-order valence-electron chi connectivity index (χ1n) is 7.57. The van der Waals surface area contributed by atoms with Gasteiger partial charge in [-0.15, -0.1) is 0 Å². The highest BCUT2D eigenvalue weighted by Crippen LogP contribution is 2.26. The van der Waals surface area contributed by atoms with Crippen molar-refractivity contribution >= 4 is 11.6 Å². The fourth-order valence-electron chi connectivity index (χ4n) is 2.88. The minimum atomic E-state index is 0.0667. The molecule has 1 atom stereocenters. The SMILES string of the molecule is CCc1noc(C)c1NC(=O)C[C@H](C)C1CCNCC1. The van der Waals surface area contributed by atoms with Crippen LogP contribution < -0.4 is 10.6 Å². The second-order valence-electron chi connectivity index (χ2n) is 5.73. The molecule has 0 aliphatic carbocycles. The Hall–Kier alpha value is -1.36. The molecule has 2 N–H and O–H groups in total. The Morgan fingerprint density at radius 2 is 2.20 bits per heavy atom. The van der Waals surface area contributed by atoms with Crippen LogP contribution in [0.3, 0.4) is 0 Å². The molecule has 2 heterocycles. The summed E-state index contributed by atoms with van der Waals surface area (Å²) >= 11 is 0. The molecule has 0 bridgehead atoms. The molecule has 1 saturated heterocycles. The van der Waals surface area contributed by atoms with E-state index in [2.05, 4.69) is 22.7 Å². The molecule has 112 valence electrons. The Morgan fingerprint density at radius 3 is 2.85 bits per heavy atom. The molecule has 0 saturated carbocycles. The summed E-state index contributed by atoms with van der Waals surface area (Å²) in [7, 11) is 0. The zero-order chi connectivity index (χ0) is 14.5. The topological polar surface area (TPSA) is 67.2 Å². The number of piperidine rings is 1. The Morgan fingerprint density at radius 1 is 1.50 bits per heavy atom. The van der Waals surface area contributed by atoms with Gasteiger partial charge in [0.2, 0.25) is 5.91 Å². The first-order valence-corrected chi connectivity index (χ1v) is 7.57. The summed E-state index contributed by atoms with van der Waals surface area (Å²) in [5.41, 5.74) is 1.58. The molecule has 0 radical (unpaired) electrons. The Kier molecular flexibility index (Phi) is 5.17. The van der Waals surface area contributed by atoms with Crippen LogP contribution in [0.5, 0.6) is 0 Å². The number of aryl methyl sites for hydroxylation is 2. The highest BCUT2D eigenvalue weighted by molar-refractivity contribution is 5.91. The quantitative estimate of drug-likeness (QED) is 0.869. The number of hydrogen-bond donors (Lipinski definition) is 2. The van der Waals surface area contributed by atoms with E-state index in [0.717, 1.165) is 30.9 Å². The zero-order valence-corrected chi connectivity index (χ0v) is 12.7. The van der Waals surface area contributed by atoms with Crippen LogP contribution in [0.1, 0.15) is 44.6 Å². The number of nitrogens with zero attached hydrogens (tertiary/aromatic N) is 1. The Labute approximate surface area is 120 Å². The van der Waals surface area contributed by atoms with Crippen LogP contribution in [0.2, 0.25) is 0 Å². The third-order valence-corrected chi connectivity index (χ3v) is 4.23. The normalized spacial score (nSPS) is 17.9. The predicted octanol–water partition coefficient (Wildman–Crippen LogP) is 2.51. The lowest BCUT2D eigenvalue weighted by molar-refractivity contribution is -0.117. The van der Waals surface area contributed by atoms with E-state index in [1.54, 1.807) is 0 Å². The standard InChI is InChI=1S/C15H25N3O2/c1-4-13-15(11(3)20-18-13)17-14(19)9-10(2)12-5-7-16-8-6-12/h10,12,16H,4-9H2,1-3H3,(H,17,19)/t10-/m0/s1. The third kappa shape index (κ3) is 3.60. The number of nitrogens with one attached hydrogen (secondary N) is 2. The molecule has 1 aliphatic rings. The maximum Gasteiger partial charge on any atom is 0.224 e. The van der Waals surface area contributed by atoms with Gasteiger partial charge in [0.1, 0.15) is 11.4 Å². The summed E-state index contributed by atoms with van der Waals surface area (Å²) in [5, 5.41) is 10.3. The average Bonchev–Trinajstić information content (AvgIpc) is 2.80. The van der Waals surface area contributed by atoms with Crippen molar-refractivity contribution in [2.45, 2.75) is 46.5 Å². The van der Waals surface area contributed by atoms with Crippen LogP contribution in [-0.2, 0) is 11.2 Å². The molecule has 0 aromatic carbocycles. The Balaban J connectivity index is 1.89. The minimum absolute atomic E-state index is 0.0667. The van der Waals surface area contributed by atoms with Crippen LogP contribution in [0.15, 0.2) is 4.52 Å². The summed E-state index contributed by atoms with van der Waals surface area (Å²) in [6.07, 6.45) is 3.66. The molecule has 2 rings (SSSR count). The van der Waals surface area contributed by atoms with Crippen LogP contribution in [0, 0.1) is 18.8 Å². The average molecular weight is 279 g/mol. The molecule has 1 fully saturated rings. The van der Waals surface area contributed by atoms with Gasteiger partial charge >= 0.3 is 0 Å². The van der Waals surface area contributed by atoms with E-state index < -0.39 is 0 Å². The lowest BCUT2D eigenvalue weighted by Crippen LogP contribution is -2.32. The number of anilines is 1. The predicted molar refractivity (Wildman–Crippen MR) is 78.6 cm³/mol. The Bertz CT molecular complexity index is 450. The zero-order valence-electron chi connectivity index (χ0n) is 12.7. The van der Waals surface area contributed by atoms with Gasteiger partial charge in [-0.3, -0.25) is 4.79 Å². The highest BCUT2D eigenvalue weighted by atomic mass is 16.5. The maximum absolute atomic E-state index is 12.2. The van der Waals surface area contributed by atoms with Crippen molar-refractivity contribution in [1.29, 1.82) is 0 Å². The summed E-state index contributed by atoms with van der Waals surface area (Å²) in [5.74, 6) is 1.82. The van der Waals surface area contributed by atoms with Gasteiger partial charge in [-0.25, -0.2) is 0 Å². The molecule has 1 aromatic rings. The van der Waals surface area contributed by atoms with Crippen molar-refractivity contribution in [2.75, 3.05) is 18.4 Å². The van der Waals surface area contributed by atoms with Crippen molar-refractivity contribution < 1.29 is 9.32 Å². The van der Waals surface area contributed by atoms with Crippen molar-refractivity contribution in [2.24, 2.45) is 11.8 Å². The van der Waals surface area contributed by atoms with Gasteiger partial charge < -0.3 is 15.2 Å². The molecule has 1 amide bonds. The van der Waals surface area contributed by atoms with E-state index >= 15 is 0 Å². The summed E-state index contributed by atoms with van der Waals surface area (Å²) in [6, 6.07) is 0. The van der Waals surface area contributed by atoms with E-state index in [4.69, 9.17) is 4.52 Å². The highest BCUT2D eigenvalue weighted by Gasteiger charge is 2.23. The number of carbonyl (C=O) groups excluding carboxylic acids is 1.